The normalized spacial score (nSPS) is 12.0. The van der Waals surface area contributed by atoms with Crippen LogP contribution in [0, 0.1) is 0 Å². The summed E-state index contributed by atoms with van der Waals surface area (Å²) in [6.45, 7) is 11.1. The van der Waals surface area contributed by atoms with Crippen LogP contribution in [0.2, 0.25) is 0 Å². The van der Waals surface area contributed by atoms with E-state index in [0.717, 1.165) is 38.0 Å². The maximum absolute atomic E-state index is 6.23. The molecule has 0 aromatic carbocycles. The van der Waals surface area contributed by atoms with Gasteiger partial charge in [0.05, 0.1) is 13.2 Å². The van der Waals surface area contributed by atoms with Crippen LogP contribution < -0.4 is 0 Å². The zero-order chi connectivity index (χ0) is 25.0. The van der Waals surface area contributed by atoms with Gasteiger partial charge in [-0.15, -0.1) is 0 Å². The summed E-state index contributed by atoms with van der Waals surface area (Å²) in [4.78, 5) is 0. The standard InChI is InChI=1S/C30H60O4/c1-5-9-12-14-16-18-20-23-26-32-29(25-22-11-7-3)30(34-28-31-8-4)33-27-24-21-19-17-15-13-10-6-2/h5-28H2,1-4H3. The first-order chi connectivity index (χ1) is 16.8. The van der Waals surface area contributed by atoms with Crippen LogP contribution in [0.1, 0.15) is 156 Å². The van der Waals surface area contributed by atoms with Gasteiger partial charge in [-0.2, -0.15) is 0 Å². The Morgan fingerprint density at radius 1 is 0.441 bits per heavy atom. The van der Waals surface area contributed by atoms with Crippen LogP contribution in [0.25, 0.3) is 0 Å². The van der Waals surface area contributed by atoms with Crippen molar-refractivity contribution in [2.75, 3.05) is 26.6 Å². The topological polar surface area (TPSA) is 36.9 Å². The Hall–Kier alpha value is -0.900. The molecule has 0 bridgehead atoms. The van der Waals surface area contributed by atoms with Gasteiger partial charge in [0.1, 0.15) is 0 Å². The molecule has 0 saturated carbocycles. The molecule has 0 N–H and O–H groups in total. The van der Waals surface area contributed by atoms with E-state index in [9.17, 15) is 0 Å². The molecule has 0 amide bonds. The smallest absolute Gasteiger partial charge is 0.321 e. The second-order valence-corrected chi connectivity index (χ2v) is 9.57. The van der Waals surface area contributed by atoms with E-state index in [1.165, 1.54) is 103 Å². The quantitative estimate of drug-likeness (QED) is 0.0628. The van der Waals surface area contributed by atoms with Gasteiger partial charge in [-0.1, -0.05) is 124 Å². The van der Waals surface area contributed by atoms with E-state index in [1.54, 1.807) is 0 Å². The monoisotopic (exact) mass is 484 g/mol. The first-order valence-corrected chi connectivity index (χ1v) is 15.0. The molecule has 0 rings (SSSR count). The summed E-state index contributed by atoms with van der Waals surface area (Å²) in [5.41, 5.74) is 0. The molecule has 0 aromatic heterocycles. The van der Waals surface area contributed by atoms with Crippen LogP contribution in [0.3, 0.4) is 0 Å². The summed E-state index contributed by atoms with van der Waals surface area (Å²) in [6.07, 6.45) is 25.2. The van der Waals surface area contributed by atoms with Crippen molar-refractivity contribution in [2.45, 2.75) is 156 Å². The van der Waals surface area contributed by atoms with Gasteiger partial charge in [0.15, 0.2) is 12.6 Å². The molecule has 4 nitrogen and oxygen atoms in total. The number of allylic oxidation sites excluding steroid dienone is 1. The molecule has 0 aliphatic rings. The third-order valence-electron chi connectivity index (χ3n) is 6.22. The lowest BCUT2D eigenvalue weighted by atomic mass is 10.1. The third-order valence-corrected chi connectivity index (χ3v) is 6.22. The fourth-order valence-electron chi connectivity index (χ4n) is 3.98. The van der Waals surface area contributed by atoms with Crippen molar-refractivity contribution in [3.8, 4) is 0 Å². The van der Waals surface area contributed by atoms with Crippen molar-refractivity contribution < 1.29 is 18.9 Å². The predicted octanol–water partition coefficient (Wildman–Crippen LogP) is 10.1. The van der Waals surface area contributed by atoms with Gasteiger partial charge < -0.3 is 18.9 Å². The van der Waals surface area contributed by atoms with Crippen LogP contribution in [-0.4, -0.2) is 26.6 Å². The second kappa shape index (κ2) is 28.3. The van der Waals surface area contributed by atoms with Gasteiger partial charge in [-0.05, 0) is 26.2 Å². The highest BCUT2D eigenvalue weighted by Crippen LogP contribution is 2.20. The molecule has 0 aliphatic heterocycles. The van der Waals surface area contributed by atoms with Crippen LogP contribution in [-0.2, 0) is 18.9 Å². The van der Waals surface area contributed by atoms with E-state index in [0.29, 0.717) is 19.2 Å². The maximum Gasteiger partial charge on any atom is 0.321 e. The summed E-state index contributed by atoms with van der Waals surface area (Å²) in [5, 5.41) is 0. The molecule has 0 saturated heterocycles. The number of ether oxygens (including phenoxy) is 4. The molecular formula is C30H60O4. The molecule has 0 radical (unpaired) electrons. The van der Waals surface area contributed by atoms with Gasteiger partial charge in [-0.3, -0.25) is 0 Å². The highest BCUT2D eigenvalue weighted by atomic mass is 16.7. The highest BCUT2D eigenvalue weighted by molar-refractivity contribution is 4.95. The van der Waals surface area contributed by atoms with Crippen molar-refractivity contribution in [3.05, 3.63) is 11.7 Å². The fourth-order valence-corrected chi connectivity index (χ4v) is 3.98. The first kappa shape index (κ1) is 33.1. The molecule has 0 heterocycles. The summed E-state index contributed by atoms with van der Waals surface area (Å²) < 4.78 is 23.7. The van der Waals surface area contributed by atoms with Crippen molar-refractivity contribution in [1.82, 2.24) is 0 Å². The number of hydrogen-bond acceptors (Lipinski definition) is 4. The fraction of sp³-hybridized carbons (Fsp3) is 0.933. The van der Waals surface area contributed by atoms with Crippen LogP contribution in [0.4, 0.5) is 0 Å². The van der Waals surface area contributed by atoms with Crippen LogP contribution in [0.5, 0.6) is 0 Å². The molecule has 4 heteroatoms. The molecule has 0 atom stereocenters. The summed E-state index contributed by atoms with van der Waals surface area (Å²) in [5.74, 6) is 1.45. The molecule has 0 unspecified atom stereocenters. The minimum absolute atomic E-state index is 0.224. The van der Waals surface area contributed by atoms with E-state index >= 15 is 0 Å². The van der Waals surface area contributed by atoms with Gasteiger partial charge in [-0.25, -0.2) is 0 Å². The van der Waals surface area contributed by atoms with Gasteiger partial charge in [0.2, 0.25) is 0 Å². The molecule has 0 fully saturated rings. The average molecular weight is 485 g/mol. The summed E-state index contributed by atoms with van der Waals surface area (Å²) in [6, 6.07) is 0. The lowest BCUT2D eigenvalue weighted by Gasteiger charge is -2.18. The molecule has 204 valence electrons. The summed E-state index contributed by atoms with van der Waals surface area (Å²) in [7, 11) is 0. The van der Waals surface area contributed by atoms with Crippen molar-refractivity contribution in [2.24, 2.45) is 0 Å². The molecule has 0 aromatic rings. The molecule has 0 spiro atoms. The van der Waals surface area contributed by atoms with Gasteiger partial charge >= 0.3 is 5.95 Å². The molecule has 34 heavy (non-hydrogen) atoms. The number of rotatable bonds is 28. The van der Waals surface area contributed by atoms with Gasteiger partial charge in [0.25, 0.3) is 0 Å². The Labute approximate surface area is 213 Å². The van der Waals surface area contributed by atoms with Crippen LogP contribution >= 0.6 is 0 Å². The Bertz CT molecular complexity index is 384. The lowest BCUT2D eigenvalue weighted by Crippen LogP contribution is -2.10. The summed E-state index contributed by atoms with van der Waals surface area (Å²) >= 11 is 0. The number of unbranched alkanes of at least 4 members (excludes halogenated alkanes) is 16. The predicted molar refractivity (Wildman–Crippen MR) is 146 cm³/mol. The Kier molecular flexibility index (Phi) is 27.6. The SMILES string of the molecule is CCCCCCCCCCOC(CCCCC)=C(OCCCCCCCCCC)OCOCC. The Morgan fingerprint density at radius 3 is 1.38 bits per heavy atom. The zero-order valence-corrected chi connectivity index (χ0v) is 23.6. The second-order valence-electron chi connectivity index (χ2n) is 9.57. The minimum atomic E-state index is 0.224. The van der Waals surface area contributed by atoms with E-state index in [-0.39, 0.29) is 6.79 Å². The van der Waals surface area contributed by atoms with E-state index in [4.69, 9.17) is 18.9 Å². The minimum Gasteiger partial charge on any atom is -0.491 e. The first-order valence-electron chi connectivity index (χ1n) is 15.0. The van der Waals surface area contributed by atoms with Crippen LogP contribution in [0.15, 0.2) is 11.7 Å². The molecular weight excluding hydrogens is 424 g/mol. The van der Waals surface area contributed by atoms with E-state index in [1.807, 2.05) is 6.92 Å². The van der Waals surface area contributed by atoms with Crippen molar-refractivity contribution >= 4 is 0 Å². The zero-order valence-electron chi connectivity index (χ0n) is 23.6. The van der Waals surface area contributed by atoms with Crippen molar-refractivity contribution in [3.63, 3.8) is 0 Å². The Morgan fingerprint density at radius 2 is 0.882 bits per heavy atom. The average Bonchev–Trinajstić information content (AvgIpc) is 2.85. The van der Waals surface area contributed by atoms with E-state index < -0.39 is 0 Å². The van der Waals surface area contributed by atoms with Crippen molar-refractivity contribution in [1.29, 1.82) is 0 Å². The van der Waals surface area contributed by atoms with Gasteiger partial charge in [0, 0.05) is 13.0 Å². The highest BCUT2D eigenvalue weighted by Gasteiger charge is 2.13. The third kappa shape index (κ3) is 22.9. The Balaban J connectivity index is 4.49. The molecule has 0 aliphatic carbocycles. The lowest BCUT2D eigenvalue weighted by molar-refractivity contribution is -0.0811. The van der Waals surface area contributed by atoms with E-state index in [2.05, 4.69) is 20.8 Å². The largest absolute Gasteiger partial charge is 0.491 e. The number of hydrogen-bond donors (Lipinski definition) is 0. The maximum atomic E-state index is 6.23.